The SMILES string of the molecule is c1ccc(-n2c3ccccc3c3ccc(C4=Nc5cc6ccccc6cc5C(c5ccc6c7ccccc7n(-c7ccccc7)c6c5)=Nc5cc6ccccc6cc54)cc32)cc1. The van der Waals surface area contributed by atoms with Gasteiger partial charge >= 0.3 is 0 Å². The van der Waals surface area contributed by atoms with Crippen LogP contribution in [0.1, 0.15) is 22.3 Å². The molecule has 1 aliphatic heterocycles. The maximum atomic E-state index is 5.79. The van der Waals surface area contributed by atoms with Gasteiger partial charge in [0, 0.05) is 55.2 Å². The highest BCUT2D eigenvalue weighted by atomic mass is 15.0. The number of rotatable bonds is 4. The van der Waals surface area contributed by atoms with Gasteiger partial charge in [0.1, 0.15) is 0 Å². The highest BCUT2D eigenvalue weighted by Gasteiger charge is 2.24. The Labute approximate surface area is 357 Å². The van der Waals surface area contributed by atoms with Crippen LogP contribution in [-0.2, 0) is 0 Å². The van der Waals surface area contributed by atoms with Crippen LogP contribution >= 0.6 is 0 Å². The van der Waals surface area contributed by atoms with Crippen molar-refractivity contribution in [1.82, 2.24) is 9.13 Å². The van der Waals surface area contributed by atoms with Gasteiger partial charge < -0.3 is 9.13 Å². The van der Waals surface area contributed by atoms with Gasteiger partial charge in [-0.1, -0.05) is 146 Å². The van der Waals surface area contributed by atoms with E-state index < -0.39 is 0 Å². The normalized spacial score (nSPS) is 12.7. The first-order chi connectivity index (χ1) is 30.7. The van der Waals surface area contributed by atoms with Gasteiger partial charge in [-0.15, -0.1) is 0 Å². The molecule has 0 amide bonds. The smallest absolute Gasteiger partial charge is 0.0804 e. The third kappa shape index (κ3) is 5.33. The van der Waals surface area contributed by atoms with Crippen molar-refractivity contribution in [2.24, 2.45) is 9.98 Å². The second-order valence-corrected chi connectivity index (χ2v) is 16.2. The fraction of sp³-hybridized carbons (Fsp3) is 0. The lowest BCUT2D eigenvalue weighted by Gasteiger charge is -2.20. The van der Waals surface area contributed by atoms with E-state index in [0.29, 0.717) is 0 Å². The van der Waals surface area contributed by atoms with Gasteiger partial charge in [0.05, 0.1) is 44.9 Å². The number of fused-ring (bicyclic) bond motifs is 10. The van der Waals surface area contributed by atoms with E-state index in [1.165, 1.54) is 32.6 Å². The van der Waals surface area contributed by atoms with E-state index in [0.717, 1.165) is 89.0 Å². The highest BCUT2D eigenvalue weighted by Crippen LogP contribution is 2.41. The summed E-state index contributed by atoms with van der Waals surface area (Å²) in [5.74, 6) is 0. The minimum absolute atomic E-state index is 0.878. The van der Waals surface area contributed by atoms with Crippen LogP contribution in [0.15, 0.2) is 228 Å². The molecule has 0 bridgehead atoms. The van der Waals surface area contributed by atoms with E-state index in [-0.39, 0.29) is 0 Å². The number of nitrogens with zero attached hydrogens (tertiary/aromatic N) is 4. The zero-order valence-electron chi connectivity index (χ0n) is 33.6. The molecule has 2 aromatic heterocycles. The lowest BCUT2D eigenvalue weighted by atomic mass is 9.92. The maximum absolute atomic E-state index is 5.79. The predicted octanol–water partition coefficient (Wildman–Crippen LogP) is 14.8. The van der Waals surface area contributed by atoms with Crippen LogP contribution < -0.4 is 0 Å². The fourth-order valence-electron chi connectivity index (χ4n) is 9.77. The lowest BCUT2D eigenvalue weighted by Crippen LogP contribution is -2.11. The Bertz CT molecular complexity index is 3590. The molecule has 0 saturated carbocycles. The minimum atomic E-state index is 0.878. The van der Waals surface area contributed by atoms with Gasteiger partial charge in [-0.2, -0.15) is 0 Å². The molecule has 0 saturated heterocycles. The molecule has 0 fully saturated rings. The fourth-order valence-corrected chi connectivity index (χ4v) is 9.77. The molecule has 0 spiro atoms. The average Bonchev–Trinajstić information content (AvgIpc) is 3.84. The van der Waals surface area contributed by atoms with Crippen LogP contribution in [0.5, 0.6) is 0 Å². The average molecular weight is 789 g/mol. The topological polar surface area (TPSA) is 34.6 Å². The van der Waals surface area contributed by atoms with Gasteiger partial charge in [-0.25, -0.2) is 9.98 Å². The first-order valence-electron chi connectivity index (χ1n) is 21.2. The van der Waals surface area contributed by atoms with Crippen LogP contribution in [0.3, 0.4) is 0 Å². The zero-order chi connectivity index (χ0) is 40.7. The Hall–Kier alpha value is -8.34. The largest absolute Gasteiger partial charge is 0.309 e. The molecule has 0 atom stereocenters. The number of para-hydroxylation sites is 4. The van der Waals surface area contributed by atoms with Crippen LogP contribution in [-0.4, -0.2) is 20.6 Å². The van der Waals surface area contributed by atoms with Gasteiger partial charge in [0.15, 0.2) is 0 Å². The lowest BCUT2D eigenvalue weighted by molar-refractivity contribution is 1.18. The van der Waals surface area contributed by atoms with Gasteiger partial charge in [-0.05, 0) is 94.3 Å². The number of hydrogen-bond donors (Lipinski definition) is 0. The molecule has 0 N–H and O–H groups in total. The second kappa shape index (κ2) is 13.6. The summed E-state index contributed by atoms with van der Waals surface area (Å²) >= 11 is 0. The molecule has 3 heterocycles. The Kier molecular flexibility index (Phi) is 7.57. The molecule has 288 valence electrons. The van der Waals surface area contributed by atoms with E-state index in [1.807, 2.05) is 0 Å². The molecule has 1 aliphatic rings. The van der Waals surface area contributed by atoms with Crippen LogP contribution in [0.4, 0.5) is 11.4 Å². The van der Waals surface area contributed by atoms with Crippen molar-refractivity contribution < 1.29 is 0 Å². The second-order valence-electron chi connectivity index (χ2n) is 16.2. The summed E-state index contributed by atoms with van der Waals surface area (Å²) in [4.78, 5) is 11.6. The van der Waals surface area contributed by atoms with Gasteiger partial charge in [-0.3, -0.25) is 0 Å². The minimum Gasteiger partial charge on any atom is -0.309 e. The summed E-state index contributed by atoms with van der Waals surface area (Å²) in [6.45, 7) is 0. The Morgan fingerprint density at radius 2 is 0.629 bits per heavy atom. The summed E-state index contributed by atoms with van der Waals surface area (Å²) in [7, 11) is 0. The molecule has 4 nitrogen and oxygen atoms in total. The summed E-state index contributed by atoms with van der Waals surface area (Å²) in [5, 5.41) is 9.39. The van der Waals surface area contributed by atoms with E-state index in [4.69, 9.17) is 9.98 Å². The molecule has 4 heteroatoms. The standard InChI is InChI=1S/C58H36N4/c1-3-19-43(20-4-1)61-53-25-13-11-23-45(53)47-29-27-41(35-55(47)61)57-49-31-37-15-7-9-17-39(37)33-51(49)60-58(50-32-38-16-8-10-18-40(38)34-52(50)59-57)42-28-30-48-46-24-12-14-26-54(46)62(56(48)36-42)44-21-5-2-6-22-44/h1-36H. The van der Waals surface area contributed by atoms with Crippen molar-refractivity contribution in [3.63, 3.8) is 0 Å². The predicted molar refractivity (Wildman–Crippen MR) is 260 cm³/mol. The van der Waals surface area contributed by atoms with E-state index in [9.17, 15) is 0 Å². The molecular formula is C58H36N4. The zero-order valence-corrected chi connectivity index (χ0v) is 33.6. The monoisotopic (exact) mass is 788 g/mol. The van der Waals surface area contributed by atoms with Crippen LogP contribution in [0, 0.1) is 0 Å². The van der Waals surface area contributed by atoms with Crippen LogP contribution in [0.25, 0.3) is 76.5 Å². The summed E-state index contributed by atoms with van der Waals surface area (Å²) in [5.41, 5.74) is 14.4. The third-order valence-electron chi connectivity index (χ3n) is 12.6. The molecule has 62 heavy (non-hydrogen) atoms. The number of hydrogen-bond acceptors (Lipinski definition) is 2. The van der Waals surface area contributed by atoms with Crippen LogP contribution in [0.2, 0.25) is 0 Å². The first kappa shape index (κ1) is 34.5. The third-order valence-corrected chi connectivity index (χ3v) is 12.6. The molecule has 10 aromatic carbocycles. The van der Waals surface area contributed by atoms with E-state index in [2.05, 4.69) is 228 Å². The maximum Gasteiger partial charge on any atom is 0.0804 e. The molecule has 0 aliphatic carbocycles. The van der Waals surface area contributed by atoms with Crippen molar-refractivity contribution in [2.45, 2.75) is 0 Å². The molecular weight excluding hydrogens is 753 g/mol. The van der Waals surface area contributed by atoms with Gasteiger partial charge in [0.25, 0.3) is 0 Å². The van der Waals surface area contributed by atoms with Crippen molar-refractivity contribution in [1.29, 1.82) is 0 Å². The Morgan fingerprint density at radius 1 is 0.274 bits per heavy atom. The first-order valence-corrected chi connectivity index (χ1v) is 21.2. The van der Waals surface area contributed by atoms with Crippen molar-refractivity contribution in [3.05, 3.63) is 241 Å². The molecule has 13 rings (SSSR count). The highest BCUT2D eigenvalue weighted by molar-refractivity contribution is 6.26. The quantitative estimate of drug-likeness (QED) is 0.170. The van der Waals surface area contributed by atoms with E-state index in [1.54, 1.807) is 0 Å². The summed E-state index contributed by atoms with van der Waals surface area (Å²) in [6, 6.07) is 78.5. The van der Waals surface area contributed by atoms with E-state index >= 15 is 0 Å². The van der Waals surface area contributed by atoms with Crippen molar-refractivity contribution >= 4 is 88.0 Å². The summed E-state index contributed by atoms with van der Waals surface area (Å²) < 4.78 is 4.75. The number of benzene rings is 10. The number of aromatic nitrogens is 2. The molecule has 0 radical (unpaired) electrons. The van der Waals surface area contributed by atoms with Crippen molar-refractivity contribution in [3.8, 4) is 11.4 Å². The van der Waals surface area contributed by atoms with Gasteiger partial charge in [0.2, 0.25) is 0 Å². The Balaban J connectivity index is 1.11. The molecule has 0 unspecified atom stereocenters. The van der Waals surface area contributed by atoms with Crippen molar-refractivity contribution in [2.75, 3.05) is 0 Å². The molecule has 12 aromatic rings. The summed E-state index contributed by atoms with van der Waals surface area (Å²) in [6.07, 6.45) is 0. The Morgan fingerprint density at radius 3 is 1.06 bits per heavy atom. The number of aliphatic imine (C=N–C) groups is 2.